The number of hydrogen-bond donors (Lipinski definition) is 1. The lowest BCUT2D eigenvalue weighted by Crippen LogP contribution is -2.47. The smallest absolute Gasteiger partial charge is 0.193 e. The van der Waals surface area contributed by atoms with Crippen LogP contribution in [0.3, 0.4) is 0 Å². The summed E-state index contributed by atoms with van der Waals surface area (Å²) >= 11 is 0. The molecule has 0 aromatic heterocycles. The van der Waals surface area contributed by atoms with Gasteiger partial charge in [-0.15, -0.1) is 0 Å². The molecule has 25 heavy (non-hydrogen) atoms. The number of guanidine groups is 1. The van der Waals surface area contributed by atoms with Crippen LogP contribution in [0.15, 0.2) is 29.3 Å². The van der Waals surface area contributed by atoms with Crippen molar-refractivity contribution in [1.29, 1.82) is 0 Å². The molecule has 0 radical (unpaired) electrons. The van der Waals surface area contributed by atoms with Crippen LogP contribution >= 0.6 is 0 Å². The molecule has 0 aliphatic carbocycles. The summed E-state index contributed by atoms with van der Waals surface area (Å²) in [5.74, 6) is 2.67. The highest BCUT2D eigenvalue weighted by Crippen LogP contribution is 2.17. The van der Waals surface area contributed by atoms with E-state index in [1.807, 2.05) is 31.3 Å². The van der Waals surface area contributed by atoms with Crippen LogP contribution in [0.5, 0.6) is 11.5 Å². The van der Waals surface area contributed by atoms with Crippen LogP contribution in [-0.2, 0) is 4.74 Å². The predicted octanol–water partition coefficient (Wildman–Crippen LogP) is 2.54. The maximum atomic E-state index is 5.74. The number of likely N-dealkylation sites (tertiary alicyclic amines) is 1. The molecule has 0 bridgehead atoms. The van der Waals surface area contributed by atoms with E-state index >= 15 is 0 Å². The Morgan fingerprint density at radius 2 is 1.88 bits per heavy atom. The van der Waals surface area contributed by atoms with E-state index in [1.165, 1.54) is 0 Å². The molecule has 1 aromatic carbocycles. The number of aliphatic imine (C=N–C) groups is 1. The van der Waals surface area contributed by atoms with Gasteiger partial charge in [-0.05, 0) is 50.5 Å². The largest absolute Gasteiger partial charge is 0.497 e. The Hall–Kier alpha value is -1.95. The highest BCUT2D eigenvalue weighted by Gasteiger charge is 2.21. The maximum Gasteiger partial charge on any atom is 0.193 e. The monoisotopic (exact) mass is 349 g/mol. The number of ether oxygens (including phenoxy) is 3. The van der Waals surface area contributed by atoms with E-state index in [4.69, 9.17) is 14.2 Å². The number of hydrogen-bond acceptors (Lipinski definition) is 4. The first-order valence-electron chi connectivity index (χ1n) is 9.10. The summed E-state index contributed by atoms with van der Waals surface area (Å²) < 4.78 is 16.6. The number of nitrogens with zero attached hydrogens (tertiary/aromatic N) is 2. The molecule has 0 atom stereocenters. The molecule has 0 unspecified atom stereocenters. The van der Waals surface area contributed by atoms with Crippen molar-refractivity contribution in [2.24, 2.45) is 4.99 Å². The molecule has 1 aliphatic heterocycles. The first-order chi connectivity index (χ1) is 12.3. The van der Waals surface area contributed by atoms with E-state index in [0.29, 0.717) is 12.7 Å². The quantitative estimate of drug-likeness (QED) is 0.444. The lowest BCUT2D eigenvalue weighted by molar-refractivity contribution is 0.0264. The molecule has 0 amide bonds. The van der Waals surface area contributed by atoms with Gasteiger partial charge in [0.2, 0.25) is 0 Å². The zero-order valence-electron chi connectivity index (χ0n) is 15.7. The van der Waals surface area contributed by atoms with Gasteiger partial charge < -0.3 is 24.4 Å². The second-order valence-electron chi connectivity index (χ2n) is 5.99. The fourth-order valence-electron chi connectivity index (χ4n) is 2.94. The van der Waals surface area contributed by atoms with E-state index < -0.39 is 0 Å². The third kappa shape index (κ3) is 6.46. The standard InChI is InChI=1S/C19H31N3O3/c1-4-24-18-10-13-22(14-11-18)19(20-2)21-12-5-15-25-17-8-6-16(23-3)7-9-17/h6-9,18H,4-5,10-15H2,1-3H3,(H,20,21). The van der Waals surface area contributed by atoms with Crippen molar-refractivity contribution < 1.29 is 14.2 Å². The zero-order chi connectivity index (χ0) is 17.9. The Bertz CT molecular complexity index is 511. The molecule has 1 heterocycles. The van der Waals surface area contributed by atoms with Crippen LogP contribution in [0.2, 0.25) is 0 Å². The summed E-state index contributed by atoms with van der Waals surface area (Å²) in [6.45, 7) is 6.35. The number of methoxy groups -OCH3 is 1. The SMILES string of the molecule is CCOC1CCN(C(=NC)NCCCOc2ccc(OC)cc2)CC1. The van der Waals surface area contributed by atoms with Crippen molar-refractivity contribution in [3.63, 3.8) is 0 Å². The van der Waals surface area contributed by atoms with Gasteiger partial charge in [-0.25, -0.2) is 0 Å². The van der Waals surface area contributed by atoms with Crippen molar-refractivity contribution in [1.82, 2.24) is 10.2 Å². The van der Waals surface area contributed by atoms with E-state index in [-0.39, 0.29) is 0 Å². The molecule has 1 saturated heterocycles. The Balaban J connectivity index is 1.62. The van der Waals surface area contributed by atoms with Gasteiger partial charge in [0.1, 0.15) is 11.5 Å². The van der Waals surface area contributed by atoms with Gasteiger partial charge in [0.05, 0.1) is 19.8 Å². The van der Waals surface area contributed by atoms with E-state index in [0.717, 1.165) is 63.0 Å². The summed E-state index contributed by atoms with van der Waals surface area (Å²) in [5, 5.41) is 3.43. The van der Waals surface area contributed by atoms with Gasteiger partial charge in [-0.3, -0.25) is 4.99 Å². The Kier molecular flexibility index (Phi) is 8.39. The van der Waals surface area contributed by atoms with Crippen molar-refractivity contribution >= 4 is 5.96 Å². The van der Waals surface area contributed by atoms with Crippen molar-refractivity contribution in [3.05, 3.63) is 24.3 Å². The average molecular weight is 349 g/mol. The molecule has 1 fully saturated rings. The molecule has 0 saturated carbocycles. The summed E-state index contributed by atoms with van der Waals surface area (Å²) in [4.78, 5) is 6.70. The van der Waals surface area contributed by atoms with Gasteiger partial charge in [-0.1, -0.05) is 0 Å². The van der Waals surface area contributed by atoms with Gasteiger partial charge in [0, 0.05) is 33.3 Å². The predicted molar refractivity (Wildman–Crippen MR) is 101 cm³/mol. The third-order valence-electron chi connectivity index (χ3n) is 4.29. The minimum Gasteiger partial charge on any atom is -0.497 e. The topological polar surface area (TPSA) is 55.3 Å². The van der Waals surface area contributed by atoms with Crippen LogP contribution in [-0.4, -0.2) is 64.0 Å². The number of piperidine rings is 1. The summed E-state index contributed by atoms with van der Waals surface area (Å²) in [7, 11) is 3.50. The fraction of sp³-hybridized carbons (Fsp3) is 0.632. The third-order valence-corrected chi connectivity index (χ3v) is 4.29. The first-order valence-corrected chi connectivity index (χ1v) is 9.10. The molecule has 140 valence electrons. The zero-order valence-corrected chi connectivity index (χ0v) is 15.7. The Morgan fingerprint density at radius 1 is 1.20 bits per heavy atom. The van der Waals surface area contributed by atoms with Gasteiger partial charge in [-0.2, -0.15) is 0 Å². The second-order valence-corrected chi connectivity index (χ2v) is 5.99. The molecule has 6 nitrogen and oxygen atoms in total. The van der Waals surface area contributed by atoms with E-state index in [9.17, 15) is 0 Å². The van der Waals surface area contributed by atoms with Crippen LogP contribution < -0.4 is 14.8 Å². The number of rotatable bonds is 8. The molecular formula is C19H31N3O3. The maximum absolute atomic E-state index is 5.74. The number of benzene rings is 1. The van der Waals surface area contributed by atoms with E-state index in [2.05, 4.69) is 22.1 Å². The molecule has 1 aromatic rings. The van der Waals surface area contributed by atoms with Crippen molar-refractivity contribution in [2.45, 2.75) is 32.3 Å². The van der Waals surface area contributed by atoms with Crippen LogP contribution in [0.25, 0.3) is 0 Å². The molecular weight excluding hydrogens is 318 g/mol. The highest BCUT2D eigenvalue weighted by atomic mass is 16.5. The molecule has 1 aliphatic rings. The fourth-order valence-corrected chi connectivity index (χ4v) is 2.94. The Labute approximate surface area is 151 Å². The van der Waals surface area contributed by atoms with Gasteiger partial charge in [0.15, 0.2) is 5.96 Å². The molecule has 2 rings (SSSR count). The highest BCUT2D eigenvalue weighted by molar-refractivity contribution is 5.79. The molecule has 1 N–H and O–H groups in total. The number of nitrogens with one attached hydrogen (secondary N) is 1. The van der Waals surface area contributed by atoms with Crippen LogP contribution in [0, 0.1) is 0 Å². The van der Waals surface area contributed by atoms with Crippen LogP contribution in [0.1, 0.15) is 26.2 Å². The summed E-state index contributed by atoms with van der Waals surface area (Å²) in [6.07, 6.45) is 3.45. The summed E-state index contributed by atoms with van der Waals surface area (Å²) in [5.41, 5.74) is 0. The lowest BCUT2D eigenvalue weighted by atomic mass is 10.1. The first kappa shape index (κ1) is 19.4. The average Bonchev–Trinajstić information content (AvgIpc) is 2.66. The minimum atomic E-state index is 0.400. The molecule has 0 spiro atoms. The van der Waals surface area contributed by atoms with Crippen LogP contribution in [0.4, 0.5) is 0 Å². The lowest BCUT2D eigenvalue weighted by Gasteiger charge is -2.34. The van der Waals surface area contributed by atoms with Gasteiger partial charge in [0.25, 0.3) is 0 Å². The molecule has 6 heteroatoms. The van der Waals surface area contributed by atoms with Crippen molar-refractivity contribution in [3.8, 4) is 11.5 Å². The van der Waals surface area contributed by atoms with Crippen molar-refractivity contribution in [2.75, 3.05) is 47.0 Å². The van der Waals surface area contributed by atoms with Gasteiger partial charge >= 0.3 is 0 Å². The Morgan fingerprint density at radius 3 is 2.48 bits per heavy atom. The normalized spacial score (nSPS) is 16.0. The summed E-state index contributed by atoms with van der Waals surface area (Å²) in [6, 6.07) is 7.66. The second kappa shape index (κ2) is 10.8. The van der Waals surface area contributed by atoms with E-state index in [1.54, 1.807) is 7.11 Å². The minimum absolute atomic E-state index is 0.400.